The van der Waals surface area contributed by atoms with Crippen LogP contribution in [0.2, 0.25) is 0 Å². The number of amides is 2. The number of fused-ring (bicyclic) bond motifs is 3. The van der Waals surface area contributed by atoms with Gasteiger partial charge in [0.25, 0.3) is 5.91 Å². The number of hydrogen-bond donors (Lipinski definition) is 1. The minimum atomic E-state index is -0.112. The molecule has 0 unspecified atom stereocenters. The van der Waals surface area contributed by atoms with Crippen molar-refractivity contribution in [2.45, 2.75) is 45.1 Å². The van der Waals surface area contributed by atoms with Crippen LogP contribution in [0, 0.1) is 0 Å². The normalized spacial score (nSPS) is 17.7. The molecule has 0 aromatic heterocycles. The van der Waals surface area contributed by atoms with Crippen LogP contribution in [0.1, 0.15) is 59.2 Å². The van der Waals surface area contributed by atoms with Crippen molar-refractivity contribution < 1.29 is 14.3 Å². The number of benzene rings is 2. The van der Waals surface area contributed by atoms with Crippen molar-refractivity contribution in [3.8, 4) is 5.75 Å². The monoisotopic (exact) mass is 449 g/mol. The van der Waals surface area contributed by atoms with Crippen LogP contribution in [0.15, 0.2) is 42.5 Å². The van der Waals surface area contributed by atoms with E-state index in [2.05, 4.69) is 41.5 Å². The Morgan fingerprint density at radius 2 is 1.91 bits per heavy atom. The summed E-state index contributed by atoms with van der Waals surface area (Å²) in [6.07, 6.45) is 5.58. The molecule has 33 heavy (non-hydrogen) atoms. The lowest BCUT2D eigenvalue weighted by atomic mass is 9.99. The van der Waals surface area contributed by atoms with E-state index in [4.69, 9.17) is 4.74 Å². The molecule has 6 nitrogen and oxygen atoms in total. The molecule has 0 atom stereocenters. The van der Waals surface area contributed by atoms with Gasteiger partial charge in [-0.25, -0.2) is 0 Å². The summed E-state index contributed by atoms with van der Waals surface area (Å²) < 4.78 is 6.14. The number of carbonyl (C=O) groups is 2. The Labute approximate surface area is 196 Å². The molecule has 176 valence electrons. The maximum absolute atomic E-state index is 12.8. The summed E-state index contributed by atoms with van der Waals surface area (Å²) in [5.74, 6) is 0.925. The van der Waals surface area contributed by atoms with E-state index in [9.17, 15) is 9.59 Å². The van der Waals surface area contributed by atoms with E-state index in [0.717, 1.165) is 63.1 Å². The fourth-order valence-electron chi connectivity index (χ4n) is 4.64. The third-order valence-electron chi connectivity index (χ3n) is 6.44. The molecule has 0 radical (unpaired) electrons. The van der Waals surface area contributed by atoms with E-state index >= 15 is 0 Å². The van der Waals surface area contributed by atoms with Crippen LogP contribution in [0.4, 0.5) is 0 Å². The SMILES string of the molecule is CN1CCCCCOc2ccc(C(=O)NCCN3CCCC3=O)cc2Cc2cccc(c2)C1. The summed E-state index contributed by atoms with van der Waals surface area (Å²) in [7, 11) is 2.18. The third kappa shape index (κ3) is 6.57. The van der Waals surface area contributed by atoms with Crippen molar-refractivity contribution in [3.63, 3.8) is 0 Å². The first-order chi connectivity index (χ1) is 16.1. The molecule has 0 saturated carbocycles. The standard InChI is InChI=1S/C27H35N3O3/c1-29-13-3-2-4-16-33-25-11-10-23(27(32)28-12-15-30-14-6-9-26(30)31)19-24(25)18-21-7-5-8-22(17-21)20-29/h5,7-8,10-11,17,19H,2-4,6,9,12-16,18,20H2,1H3,(H,28,32). The molecular formula is C27H35N3O3. The third-order valence-corrected chi connectivity index (χ3v) is 6.44. The number of rotatable bonds is 4. The van der Waals surface area contributed by atoms with Gasteiger partial charge < -0.3 is 19.9 Å². The molecule has 0 aliphatic carbocycles. The molecule has 2 bridgehead atoms. The van der Waals surface area contributed by atoms with E-state index in [0.29, 0.717) is 31.7 Å². The van der Waals surface area contributed by atoms with E-state index in [1.165, 1.54) is 11.1 Å². The van der Waals surface area contributed by atoms with Gasteiger partial charge in [0.05, 0.1) is 6.61 Å². The van der Waals surface area contributed by atoms with Crippen molar-refractivity contribution >= 4 is 11.8 Å². The number of likely N-dealkylation sites (tertiary alicyclic amines) is 1. The predicted octanol–water partition coefficient (Wildman–Crippen LogP) is 3.62. The highest BCUT2D eigenvalue weighted by molar-refractivity contribution is 5.94. The van der Waals surface area contributed by atoms with Crippen LogP contribution in [0.5, 0.6) is 5.75 Å². The molecule has 2 aliphatic heterocycles. The van der Waals surface area contributed by atoms with Crippen LogP contribution in [-0.2, 0) is 17.8 Å². The Hall–Kier alpha value is -2.86. The minimum absolute atomic E-state index is 0.112. The van der Waals surface area contributed by atoms with Gasteiger partial charge >= 0.3 is 0 Å². The van der Waals surface area contributed by atoms with Gasteiger partial charge in [-0.3, -0.25) is 9.59 Å². The molecule has 2 heterocycles. The maximum Gasteiger partial charge on any atom is 0.251 e. The molecule has 4 rings (SSSR count). The number of ether oxygens (including phenoxy) is 1. The molecule has 0 spiro atoms. The maximum atomic E-state index is 12.8. The molecule has 1 fully saturated rings. The number of nitrogens with zero attached hydrogens (tertiary/aromatic N) is 2. The smallest absolute Gasteiger partial charge is 0.251 e. The summed E-state index contributed by atoms with van der Waals surface area (Å²) in [4.78, 5) is 28.8. The van der Waals surface area contributed by atoms with Crippen LogP contribution >= 0.6 is 0 Å². The van der Waals surface area contributed by atoms with Gasteiger partial charge in [-0.1, -0.05) is 24.3 Å². The van der Waals surface area contributed by atoms with Crippen molar-refractivity contribution in [2.24, 2.45) is 0 Å². The Kier molecular flexibility index (Phi) is 8.00. The molecule has 2 aromatic carbocycles. The molecule has 1 N–H and O–H groups in total. The summed E-state index contributed by atoms with van der Waals surface area (Å²) in [6, 6.07) is 14.4. The van der Waals surface area contributed by atoms with Gasteiger partial charge in [-0.15, -0.1) is 0 Å². The van der Waals surface area contributed by atoms with E-state index < -0.39 is 0 Å². The van der Waals surface area contributed by atoms with E-state index in [-0.39, 0.29) is 11.8 Å². The van der Waals surface area contributed by atoms with E-state index in [1.807, 2.05) is 23.1 Å². The summed E-state index contributed by atoms with van der Waals surface area (Å²) in [5.41, 5.74) is 4.18. The number of carbonyl (C=O) groups excluding carboxylic acids is 2. The molecular weight excluding hydrogens is 414 g/mol. The average Bonchev–Trinajstić information content (AvgIpc) is 3.21. The fourth-order valence-corrected chi connectivity index (χ4v) is 4.64. The second-order valence-corrected chi connectivity index (χ2v) is 9.21. The Balaban J connectivity index is 1.48. The second-order valence-electron chi connectivity index (χ2n) is 9.21. The van der Waals surface area contributed by atoms with Crippen molar-refractivity contribution in [1.29, 1.82) is 0 Å². The Bertz CT molecular complexity index is 975. The molecule has 2 aromatic rings. The second kappa shape index (κ2) is 11.3. The summed E-state index contributed by atoms with van der Waals surface area (Å²) in [6.45, 7) is 4.55. The quantitative estimate of drug-likeness (QED) is 0.775. The van der Waals surface area contributed by atoms with Crippen molar-refractivity contribution in [1.82, 2.24) is 15.1 Å². The van der Waals surface area contributed by atoms with Crippen LogP contribution < -0.4 is 10.1 Å². The Morgan fingerprint density at radius 3 is 2.76 bits per heavy atom. The topological polar surface area (TPSA) is 61.9 Å². The zero-order valence-electron chi connectivity index (χ0n) is 19.6. The zero-order valence-corrected chi connectivity index (χ0v) is 19.6. The zero-order chi connectivity index (χ0) is 23.0. The van der Waals surface area contributed by atoms with E-state index in [1.54, 1.807) is 0 Å². The molecule has 1 saturated heterocycles. The van der Waals surface area contributed by atoms with Crippen LogP contribution in [-0.4, -0.2) is 61.4 Å². The lowest BCUT2D eigenvalue weighted by Crippen LogP contribution is -2.35. The predicted molar refractivity (Wildman–Crippen MR) is 130 cm³/mol. The fraction of sp³-hybridized carbons (Fsp3) is 0.481. The van der Waals surface area contributed by atoms with Crippen molar-refractivity contribution in [2.75, 3.05) is 39.8 Å². The highest BCUT2D eigenvalue weighted by Gasteiger charge is 2.20. The first-order valence-electron chi connectivity index (χ1n) is 12.2. The van der Waals surface area contributed by atoms with Gasteiger partial charge in [0, 0.05) is 44.6 Å². The average molecular weight is 450 g/mol. The number of hydrogen-bond acceptors (Lipinski definition) is 4. The van der Waals surface area contributed by atoms with Gasteiger partial charge in [-0.05, 0) is 74.2 Å². The lowest BCUT2D eigenvalue weighted by molar-refractivity contribution is -0.127. The Morgan fingerprint density at radius 1 is 1.03 bits per heavy atom. The lowest BCUT2D eigenvalue weighted by Gasteiger charge is -2.19. The highest BCUT2D eigenvalue weighted by atomic mass is 16.5. The minimum Gasteiger partial charge on any atom is -0.493 e. The van der Waals surface area contributed by atoms with Gasteiger partial charge in [0.1, 0.15) is 5.75 Å². The summed E-state index contributed by atoms with van der Waals surface area (Å²) >= 11 is 0. The molecule has 2 aliphatic rings. The van der Waals surface area contributed by atoms with Gasteiger partial charge in [0.2, 0.25) is 5.91 Å². The van der Waals surface area contributed by atoms with Gasteiger partial charge in [-0.2, -0.15) is 0 Å². The highest BCUT2D eigenvalue weighted by Crippen LogP contribution is 2.25. The molecule has 6 heteroatoms. The number of nitrogens with one attached hydrogen (secondary N) is 1. The molecule has 2 amide bonds. The largest absolute Gasteiger partial charge is 0.493 e. The summed E-state index contributed by atoms with van der Waals surface area (Å²) in [5, 5.41) is 2.97. The van der Waals surface area contributed by atoms with Gasteiger partial charge in [0.15, 0.2) is 0 Å². The van der Waals surface area contributed by atoms with Crippen LogP contribution in [0.25, 0.3) is 0 Å². The van der Waals surface area contributed by atoms with Crippen LogP contribution in [0.3, 0.4) is 0 Å². The first-order valence-corrected chi connectivity index (χ1v) is 12.2. The first kappa shape index (κ1) is 23.3. The van der Waals surface area contributed by atoms with Crippen molar-refractivity contribution in [3.05, 3.63) is 64.7 Å².